The summed E-state index contributed by atoms with van der Waals surface area (Å²) in [7, 11) is 0. The molecule has 1 N–H and O–H groups in total. The molecular formula is C15H20N2O2. The number of benzene rings is 1. The number of hydrogen-bond acceptors (Lipinski definition) is 3. The molecule has 0 bridgehead atoms. The summed E-state index contributed by atoms with van der Waals surface area (Å²) in [6, 6.07) is 6.97. The van der Waals surface area contributed by atoms with Gasteiger partial charge in [-0.05, 0) is 30.5 Å². The fourth-order valence-electron chi connectivity index (χ4n) is 1.83. The van der Waals surface area contributed by atoms with Crippen LogP contribution in [-0.2, 0) is 0 Å². The monoisotopic (exact) mass is 260 g/mol. The molecule has 102 valence electrons. The summed E-state index contributed by atoms with van der Waals surface area (Å²) in [6.07, 6.45) is 0.316. The highest BCUT2D eigenvalue weighted by Crippen LogP contribution is 2.19. The van der Waals surface area contributed by atoms with Crippen molar-refractivity contribution < 1.29 is 9.90 Å². The fourth-order valence-corrected chi connectivity index (χ4v) is 1.83. The van der Waals surface area contributed by atoms with E-state index < -0.39 is 0 Å². The van der Waals surface area contributed by atoms with E-state index in [1.165, 1.54) is 6.07 Å². The summed E-state index contributed by atoms with van der Waals surface area (Å²) in [5, 5.41) is 18.3. The van der Waals surface area contributed by atoms with E-state index in [4.69, 9.17) is 5.26 Å². The molecule has 0 saturated heterocycles. The van der Waals surface area contributed by atoms with Crippen LogP contribution in [-0.4, -0.2) is 29.0 Å². The third-order valence-electron chi connectivity index (χ3n) is 2.82. The minimum atomic E-state index is -0.140. The Morgan fingerprint density at radius 1 is 1.47 bits per heavy atom. The molecule has 0 heterocycles. The maximum atomic E-state index is 12.4. The molecule has 1 aromatic rings. The summed E-state index contributed by atoms with van der Waals surface area (Å²) in [4.78, 5) is 14.0. The molecule has 0 atom stereocenters. The van der Waals surface area contributed by atoms with E-state index in [2.05, 4.69) is 6.07 Å². The molecule has 0 unspecified atom stereocenters. The van der Waals surface area contributed by atoms with E-state index in [0.29, 0.717) is 31.0 Å². The van der Waals surface area contributed by atoms with Gasteiger partial charge >= 0.3 is 0 Å². The van der Waals surface area contributed by atoms with Crippen LogP contribution in [0, 0.1) is 24.2 Å². The lowest BCUT2D eigenvalue weighted by Crippen LogP contribution is -2.35. The molecule has 4 heteroatoms. The average Bonchev–Trinajstić information content (AvgIpc) is 2.36. The minimum Gasteiger partial charge on any atom is -0.508 e. The van der Waals surface area contributed by atoms with Crippen molar-refractivity contribution in [2.75, 3.05) is 13.1 Å². The van der Waals surface area contributed by atoms with Crippen LogP contribution >= 0.6 is 0 Å². The number of nitrogens with zero attached hydrogens (tertiary/aromatic N) is 2. The van der Waals surface area contributed by atoms with E-state index in [1.807, 2.05) is 13.8 Å². The first-order chi connectivity index (χ1) is 8.95. The second-order valence-corrected chi connectivity index (χ2v) is 5.05. The molecule has 19 heavy (non-hydrogen) atoms. The third-order valence-corrected chi connectivity index (χ3v) is 2.82. The SMILES string of the molecule is Cc1ccc(C(=O)N(CCC#N)CC(C)C)cc1O. The van der Waals surface area contributed by atoms with Crippen LogP contribution in [0.2, 0.25) is 0 Å². The van der Waals surface area contributed by atoms with Crippen LogP contribution in [0.3, 0.4) is 0 Å². The number of phenols is 1. The highest BCUT2D eigenvalue weighted by atomic mass is 16.3. The number of aromatic hydroxyl groups is 1. The standard InChI is InChI=1S/C15H20N2O2/c1-11(2)10-17(8-4-7-16)15(19)13-6-5-12(3)14(18)9-13/h5-6,9,11,18H,4,8,10H2,1-3H3. The van der Waals surface area contributed by atoms with Crippen LogP contribution in [0.15, 0.2) is 18.2 Å². The van der Waals surface area contributed by atoms with Gasteiger partial charge in [-0.2, -0.15) is 5.26 Å². The number of carbonyl (C=O) groups is 1. The van der Waals surface area contributed by atoms with Crippen LogP contribution in [0.1, 0.15) is 36.2 Å². The average molecular weight is 260 g/mol. The van der Waals surface area contributed by atoms with Gasteiger partial charge in [-0.3, -0.25) is 4.79 Å². The predicted molar refractivity (Wildman–Crippen MR) is 73.8 cm³/mol. The van der Waals surface area contributed by atoms with Crippen LogP contribution in [0.25, 0.3) is 0 Å². The third kappa shape index (κ3) is 4.29. The smallest absolute Gasteiger partial charge is 0.254 e. The summed E-state index contributed by atoms with van der Waals surface area (Å²) >= 11 is 0. The lowest BCUT2D eigenvalue weighted by Gasteiger charge is -2.23. The summed E-state index contributed by atoms with van der Waals surface area (Å²) in [6.45, 7) is 6.86. The zero-order valence-electron chi connectivity index (χ0n) is 11.7. The van der Waals surface area contributed by atoms with Gasteiger partial charge in [0.05, 0.1) is 12.5 Å². The fraction of sp³-hybridized carbons (Fsp3) is 0.467. The van der Waals surface area contributed by atoms with Crippen molar-refractivity contribution in [3.63, 3.8) is 0 Å². The van der Waals surface area contributed by atoms with Gasteiger partial charge in [-0.15, -0.1) is 0 Å². The van der Waals surface area contributed by atoms with Crippen LogP contribution in [0.4, 0.5) is 0 Å². The topological polar surface area (TPSA) is 64.3 Å². The Labute approximate surface area is 114 Å². The molecule has 0 saturated carbocycles. The molecule has 0 radical (unpaired) electrons. The molecule has 0 fully saturated rings. The quantitative estimate of drug-likeness (QED) is 0.885. The van der Waals surface area contributed by atoms with Crippen molar-refractivity contribution in [3.05, 3.63) is 29.3 Å². The molecule has 1 amide bonds. The second-order valence-electron chi connectivity index (χ2n) is 5.05. The molecule has 0 spiro atoms. The Kier molecular flexibility index (Phi) is 5.37. The Hall–Kier alpha value is -2.02. The lowest BCUT2D eigenvalue weighted by molar-refractivity contribution is 0.0739. The Morgan fingerprint density at radius 2 is 2.16 bits per heavy atom. The lowest BCUT2D eigenvalue weighted by atomic mass is 10.1. The molecule has 0 aliphatic heterocycles. The zero-order chi connectivity index (χ0) is 14.4. The van der Waals surface area contributed by atoms with E-state index in [1.54, 1.807) is 24.0 Å². The number of carbonyl (C=O) groups excluding carboxylic acids is 1. The number of amides is 1. The molecule has 1 rings (SSSR count). The maximum Gasteiger partial charge on any atom is 0.254 e. The zero-order valence-corrected chi connectivity index (χ0v) is 11.7. The Morgan fingerprint density at radius 3 is 2.68 bits per heavy atom. The first kappa shape index (κ1) is 15.0. The van der Waals surface area contributed by atoms with Crippen molar-refractivity contribution >= 4 is 5.91 Å². The molecule has 0 aromatic heterocycles. The van der Waals surface area contributed by atoms with Gasteiger partial charge in [0.2, 0.25) is 0 Å². The predicted octanol–water partition coefficient (Wildman–Crippen LogP) is 2.71. The Bertz CT molecular complexity index is 489. The van der Waals surface area contributed by atoms with E-state index >= 15 is 0 Å². The van der Waals surface area contributed by atoms with Crippen molar-refractivity contribution in [2.45, 2.75) is 27.2 Å². The van der Waals surface area contributed by atoms with E-state index in [9.17, 15) is 9.90 Å². The molecule has 4 nitrogen and oxygen atoms in total. The summed E-state index contributed by atoms with van der Waals surface area (Å²) in [5.74, 6) is 0.316. The number of phenolic OH excluding ortho intramolecular Hbond substituents is 1. The van der Waals surface area contributed by atoms with Gasteiger partial charge in [-0.25, -0.2) is 0 Å². The Balaban J connectivity index is 2.91. The number of nitriles is 1. The van der Waals surface area contributed by atoms with Gasteiger partial charge in [0.25, 0.3) is 5.91 Å². The van der Waals surface area contributed by atoms with Crippen LogP contribution < -0.4 is 0 Å². The minimum absolute atomic E-state index is 0.121. The molecule has 1 aromatic carbocycles. The molecular weight excluding hydrogens is 240 g/mol. The number of hydrogen-bond donors (Lipinski definition) is 1. The molecule has 0 aliphatic rings. The van der Waals surface area contributed by atoms with Gasteiger partial charge < -0.3 is 10.0 Å². The second kappa shape index (κ2) is 6.79. The van der Waals surface area contributed by atoms with Crippen molar-refractivity contribution in [2.24, 2.45) is 5.92 Å². The first-order valence-corrected chi connectivity index (χ1v) is 6.41. The highest BCUT2D eigenvalue weighted by molar-refractivity contribution is 5.94. The first-order valence-electron chi connectivity index (χ1n) is 6.41. The van der Waals surface area contributed by atoms with Gasteiger partial charge in [0, 0.05) is 18.7 Å². The van der Waals surface area contributed by atoms with E-state index in [0.717, 1.165) is 5.56 Å². The van der Waals surface area contributed by atoms with Gasteiger partial charge in [-0.1, -0.05) is 19.9 Å². The number of rotatable bonds is 5. The van der Waals surface area contributed by atoms with Crippen molar-refractivity contribution in [1.82, 2.24) is 4.90 Å². The molecule has 0 aliphatic carbocycles. The van der Waals surface area contributed by atoms with Crippen molar-refractivity contribution in [3.8, 4) is 11.8 Å². The summed E-state index contributed by atoms with van der Waals surface area (Å²) < 4.78 is 0. The van der Waals surface area contributed by atoms with Gasteiger partial charge in [0.1, 0.15) is 5.75 Å². The number of aryl methyl sites for hydroxylation is 1. The van der Waals surface area contributed by atoms with E-state index in [-0.39, 0.29) is 11.7 Å². The van der Waals surface area contributed by atoms with Crippen molar-refractivity contribution in [1.29, 1.82) is 5.26 Å². The van der Waals surface area contributed by atoms with Crippen LogP contribution in [0.5, 0.6) is 5.75 Å². The normalized spacial score (nSPS) is 10.3. The highest BCUT2D eigenvalue weighted by Gasteiger charge is 2.17. The van der Waals surface area contributed by atoms with Gasteiger partial charge in [0.15, 0.2) is 0 Å². The summed E-state index contributed by atoms with van der Waals surface area (Å²) in [5.41, 5.74) is 1.20. The maximum absolute atomic E-state index is 12.4. The largest absolute Gasteiger partial charge is 0.508 e.